The Labute approximate surface area is 495 Å². The summed E-state index contributed by atoms with van der Waals surface area (Å²) in [7, 11) is 0. The Morgan fingerprint density at radius 1 is 0.300 bits per heavy atom. The molecule has 0 aliphatic carbocycles. The van der Waals surface area contributed by atoms with Gasteiger partial charge in [-0.25, -0.2) is 0 Å². The van der Waals surface area contributed by atoms with Crippen LogP contribution in [0.3, 0.4) is 0 Å². The Bertz CT molecular complexity index is 3790. The highest BCUT2D eigenvalue weighted by atomic mass is 35.5. The number of benzene rings is 10. The predicted octanol–water partition coefficient (Wildman–Crippen LogP) is 23.5. The predicted molar refractivity (Wildman–Crippen MR) is 348 cm³/mol. The first-order valence-corrected chi connectivity index (χ1v) is 28.3. The van der Waals surface area contributed by atoms with Gasteiger partial charge < -0.3 is 9.80 Å². The lowest BCUT2D eigenvalue weighted by atomic mass is 9.79. The maximum Gasteiger partial charge on any atom is 0.0661 e. The van der Waals surface area contributed by atoms with E-state index >= 15 is 0 Å². The van der Waals surface area contributed by atoms with Crippen LogP contribution in [0.5, 0.6) is 0 Å². The molecule has 0 atom stereocenters. The zero-order chi connectivity index (χ0) is 61.9. The molecule has 0 aromatic heterocycles. The van der Waals surface area contributed by atoms with Crippen molar-refractivity contribution in [3.05, 3.63) is 263 Å². The van der Waals surface area contributed by atoms with Crippen LogP contribution in [0, 0.1) is 0 Å². The molecule has 80 heavy (non-hydrogen) atoms. The Balaban J connectivity index is 1.49. The molecule has 10 aromatic carbocycles. The molecule has 0 saturated carbocycles. The van der Waals surface area contributed by atoms with Crippen molar-refractivity contribution < 1.29 is 8.22 Å². The molecule has 0 unspecified atom stereocenters. The van der Waals surface area contributed by atoms with Gasteiger partial charge in [0.1, 0.15) is 0 Å². The van der Waals surface area contributed by atoms with Crippen molar-refractivity contribution in [2.24, 2.45) is 0 Å². The third-order valence-electron chi connectivity index (χ3n) is 14.9. The van der Waals surface area contributed by atoms with Crippen molar-refractivity contribution in [2.75, 3.05) is 9.80 Å². The minimum absolute atomic E-state index is 0.139. The van der Waals surface area contributed by atoms with Gasteiger partial charge in [0, 0.05) is 55.0 Å². The summed E-state index contributed by atoms with van der Waals surface area (Å²) in [6.07, 6.45) is 0. The van der Waals surface area contributed by atoms with E-state index in [1.807, 2.05) is 82.6 Å². The lowest BCUT2D eigenvalue weighted by Crippen LogP contribution is -2.18. The van der Waals surface area contributed by atoms with Crippen LogP contribution in [-0.4, -0.2) is 0 Å². The topological polar surface area (TPSA) is 6.48 Å². The summed E-state index contributed by atoms with van der Waals surface area (Å²) in [6, 6.07) is 65.1. The molecule has 0 spiro atoms. The number of hydrogen-bond donors (Lipinski definition) is 0. The third-order valence-corrected chi connectivity index (χ3v) is 15.3. The number of halogens is 2. The van der Waals surface area contributed by atoms with Gasteiger partial charge in [0.05, 0.1) is 19.6 Å². The largest absolute Gasteiger partial charge is 0.309 e. The van der Waals surface area contributed by atoms with E-state index in [1.165, 1.54) is 0 Å². The zero-order valence-electron chi connectivity index (χ0n) is 54.1. The molecule has 0 heterocycles. The number of nitrogens with zero attached hydrogens (tertiary/aromatic N) is 2. The van der Waals surface area contributed by atoms with Crippen LogP contribution >= 0.6 is 23.2 Å². The molecule has 4 heteroatoms. The Morgan fingerprint density at radius 2 is 0.575 bits per heavy atom. The summed E-state index contributed by atoms with van der Waals surface area (Å²) in [5.41, 5.74) is 15.0. The maximum atomic E-state index is 10.1. The van der Waals surface area contributed by atoms with Crippen LogP contribution in [0.4, 0.5) is 34.1 Å². The van der Waals surface area contributed by atoms with Gasteiger partial charge in [0.15, 0.2) is 0 Å². The highest BCUT2D eigenvalue weighted by molar-refractivity contribution is 6.31. The molecule has 0 fully saturated rings. The quantitative estimate of drug-likeness (QED) is 0.127. The van der Waals surface area contributed by atoms with Gasteiger partial charge in [-0.05, 0) is 156 Å². The molecule has 10 rings (SSSR count). The van der Waals surface area contributed by atoms with E-state index in [0.717, 1.165) is 77.9 Å². The van der Waals surface area contributed by atoms with Crippen molar-refractivity contribution in [3.63, 3.8) is 0 Å². The Kier molecular flexibility index (Phi) is 13.4. The Morgan fingerprint density at radius 3 is 0.863 bits per heavy atom. The molecule has 0 amide bonds. The Hall–Kier alpha value is -7.62. The fraction of sp³-hybridized carbons (Fsp3) is 0.211. The van der Waals surface area contributed by atoms with Gasteiger partial charge >= 0.3 is 0 Å². The molecule has 0 aliphatic heterocycles. The van der Waals surface area contributed by atoms with Crippen molar-refractivity contribution in [3.8, 4) is 55.6 Å². The van der Waals surface area contributed by atoms with Crippen LogP contribution in [0.1, 0.15) is 114 Å². The van der Waals surface area contributed by atoms with Gasteiger partial charge in [-0.2, -0.15) is 0 Å². The van der Waals surface area contributed by atoms with Crippen LogP contribution in [0.25, 0.3) is 55.6 Å². The van der Waals surface area contributed by atoms with Gasteiger partial charge in [-0.15, -0.1) is 0 Å². The number of rotatable bonds is 11. The van der Waals surface area contributed by atoms with Gasteiger partial charge in [-0.3, -0.25) is 0 Å². The van der Waals surface area contributed by atoms with Crippen molar-refractivity contribution >= 4 is 57.3 Å². The van der Waals surface area contributed by atoms with E-state index in [0.29, 0.717) is 22.7 Å². The molecule has 0 radical (unpaired) electrons. The molecule has 10 aromatic rings. The van der Waals surface area contributed by atoms with Gasteiger partial charge in [-0.1, -0.05) is 258 Å². The first kappa shape index (κ1) is 48.3. The van der Waals surface area contributed by atoms with Crippen LogP contribution < -0.4 is 9.80 Å². The van der Waals surface area contributed by atoms with Crippen molar-refractivity contribution in [1.82, 2.24) is 0 Å². The highest BCUT2D eigenvalue weighted by Gasteiger charge is 2.31. The summed E-state index contributed by atoms with van der Waals surface area (Å²) in [5.74, 6) is 0. The van der Waals surface area contributed by atoms with E-state index in [-0.39, 0.29) is 79.3 Å². The lowest BCUT2D eigenvalue weighted by Gasteiger charge is -2.35. The average Bonchev–Trinajstić information content (AvgIpc) is 0.937. The van der Waals surface area contributed by atoms with Gasteiger partial charge in [0.2, 0.25) is 0 Å². The third kappa shape index (κ3) is 11.9. The molecular formula is C76H74Cl2N2. The van der Waals surface area contributed by atoms with E-state index in [1.54, 1.807) is 12.1 Å². The van der Waals surface area contributed by atoms with E-state index in [4.69, 9.17) is 25.9 Å². The van der Waals surface area contributed by atoms with E-state index < -0.39 is 0 Å². The van der Waals surface area contributed by atoms with Crippen LogP contribution in [0.15, 0.2) is 230 Å². The van der Waals surface area contributed by atoms with Crippen molar-refractivity contribution in [1.29, 1.82) is 0 Å². The van der Waals surface area contributed by atoms with E-state index in [9.17, 15) is 5.48 Å². The monoisotopic (exact) mass is 1090 g/mol. The number of hydrogen-bond acceptors (Lipinski definition) is 2. The summed E-state index contributed by atoms with van der Waals surface area (Å²) < 4.78 is 57.2. The SMILES string of the molecule is [2H]c1cc(N(c2cc(-c3cc(C(C)(C)C)cc(C(C)(C)C)c3)cc(N(c3cc([2H])c([2H])c(Cl)c3[2H])c3c(-c4ccccc4)cc(C(C)(C)C)cc3-c3ccccc3)c2)c2c(-c3ccccc3)cc(C(C)(C)C)cc2-c2ccccc2)c([2H])c(Cl)c1[2H]. The molecule has 0 N–H and O–H groups in total. The smallest absolute Gasteiger partial charge is 0.0661 e. The maximum absolute atomic E-state index is 10.1. The number of anilines is 6. The highest BCUT2D eigenvalue weighted by Crippen LogP contribution is 2.54. The van der Waals surface area contributed by atoms with Crippen LogP contribution in [0.2, 0.25) is 10.0 Å². The molecule has 2 nitrogen and oxygen atoms in total. The summed E-state index contributed by atoms with van der Waals surface area (Å²) >= 11 is 14.3. The van der Waals surface area contributed by atoms with Gasteiger partial charge in [0.25, 0.3) is 0 Å². The molecule has 402 valence electrons. The van der Waals surface area contributed by atoms with Crippen LogP contribution in [-0.2, 0) is 21.7 Å². The zero-order valence-corrected chi connectivity index (χ0v) is 49.6. The fourth-order valence-electron chi connectivity index (χ4n) is 10.4. The average molecular weight is 1090 g/mol. The minimum atomic E-state index is -0.325. The summed E-state index contributed by atoms with van der Waals surface area (Å²) in [5, 5.41) is -0.328. The molecular weight excluding hydrogens is 1010 g/mol. The molecule has 0 saturated heterocycles. The first-order chi connectivity index (χ1) is 40.5. The molecule has 0 aliphatic rings. The summed E-state index contributed by atoms with van der Waals surface area (Å²) in [4.78, 5) is 4.09. The minimum Gasteiger partial charge on any atom is -0.309 e. The second-order valence-corrected chi connectivity index (χ2v) is 25.7. The van der Waals surface area contributed by atoms with E-state index in [2.05, 4.69) is 192 Å². The second-order valence-electron chi connectivity index (χ2n) is 25.0. The molecule has 0 bridgehead atoms. The van der Waals surface area contributed by atoms with Crippen molar-refractivity contribution in [2.45, 2.75) is 105 Å². The lowest BCUT2D eigenvalue weighted by molar-refractivity contribution is 0.569. The normalized spacial score (nSPS) is 13.2. The second kappa shape index (κ2) is 22.1. The first-order valence-electron chi connectivity index (χ1n) is 30.5. The standard InChI is InChI=1S/C76H74Cl2N2/c1-73(2,3)57-39-55(40-58(43-57)74(4,5)6)56-41-65(79(63-37-25-35-61(77)48-63)71-67(51-27-17-13-18-28-51)44-59(75(7,8)9)45-68(71)52-29-19-14-20-30-52)50-66(42-56)80(64-38-26-36-62(78)49-64)72-69(53-31-21-15-22-32-53)46-60(76(10,11)12)47-70(72)54-33-23-16-24-34-54/h13-50H,1-12H3/i25D,26D,35D,36D,48D,49D. The summed E-state index contributed by atoms with van der Waals surface area (Å²) in [6.45, 7) is 26.6. The fourth-order valence-corrected chi connectivity index (χ4v) is 10.7.